The topological polar surface area (TPSA) is 47.9 Å². The summed E-state index contributed by atoms with van der Waals surface area (Å²) in [6.07, 6.45) is 2.81. The predicted molar refractivity (Wildman–Crippen MR) is 65.0 cm³/mol. The van der Waals surface area contributed by atoms with Crippen LogP contribution in [0.5, 0.6) is 0 Å². The van der Waals surface area contributed by atoms with Gasteiger partial charge in [-0.05, 0) is 25.3 Å². The summed E-state index contributed by atoms with van der Waals surface area (Å²) in [5, 5.41) is 9.66. The van der Waals surface area contributed by atoms with Gasteiger partial charge in [0.15, 0.2) is 6.29 Å². The number of hydrogen-bond donors (Lipinski definition) is 1. The molecule has 4 nitrogen and oxygen atoms in total. The minimum absolute atomic E-state index is 0.0731. The van der Waals surface area contributed by atoms with Gasteiger partial charge in [-0.1, -0.05) is 6.58 Å². The fourth-order valence-corrected chi connectivity index (χ4v) is 3.28. The van der Waals surface area contributed by atoms with Gasteiger partial charge in [-0.25, -0.2) is 0 Å². The van der Waals surface area contributed by atoms with Gasteiger partial charge < -0.3 is 19.3 Å². The van der Waals surface area contributed by atoms with Gasteiger partial charge in [0.05, 0.1) is 18.8 Å². The van der Waals surface area contributed by atoms with Crippen LogP contribution in [0.15, 0.2) is 17.9 Å². The maximum Gasteiger partial charge on any atom is 0.181 e. The van der Waals surface area contributed by atoms with Crippen LogP contribution in [0.3, 0.4) is 0 Å². The minimum Gasteiger partial charge on any atom is -0.366 e. The molecule has 5 atom stereocenters. The molecule has 0 radical (unpaired) electrons. The molecule has 0 aromatic carbocycles. The van der Waals surface area contributed by atoms with Crippen molar-refractivity contribution in [1.82, 2.24) is 0 Å². The second-order valence-corrected chi connectivity index (χ2v) is 5.61. The molecule has 18 heavy (non-hydrogen) atoms. The Bertz CT molecular complexity index is 387. The SMILES string of the molecule is C=C=C(C)CC1CC[C@@H]2O[C@@H]3C[C@]2(CO[C@H]3O)O1. The summed E-state index contributed by atoms with van der Waals surface area (Å²) in [5.41, 5.74) is 3.70. The van der Waals surface area contributed by atoms with Crippen molar-refractivity contribution in [2.45, 2.75) is 62.8 Å². The second kappa shape index (κ2) is 4.48. The molecule has 4 heteroatoms. The molecule has 0 aromatic heterocycles. The van der Waals surface area contributed by atoms with E-state index in [1.165, 1.54) is 0 Å². The molecule has 3 saturated heterocycles. The molecule has 1 N–H and O–H groups in total. The summed E-state index contributed by atoms with van der Waals surface area (Å²) >= 11 is 0. The number of aliphatic hydroxyl groups excluding tert-OH is 1. The Morgan fingerprint density at radius 1 is 1.50 bits per heavy atom. The Balaban J connectivity index is 1.73. The zero-order valence-electron chi connectivity index (χ0n) is 10.7. The maximum atomic E-state index is 9.66. The van der Waals surface area contributed by atoms with Crippen LogP contribution in [0.4, 0.5) is 0 Å². The van der Waals surface area contributed by atoms with E-state index in [1.807, 2.05) is 6.92 Å². The van der Waals surface area contributed by atoms with Crippen molar-refractivity contribution in [2.75, 3.05) is 6.61 Å². The Hall–Kier alpha value is -0.640. The second-order valence-electron chi connectivity index (χ2n) is 5.61. The van der Waals surface area contributed by atoms with Gasteiger partial charge in [0.2, 0.25) is 0 Å². The Kier molecular flexibility index (Phi) is 3.08. The van der Waals surface area contributed by atoms with E-state index >= 15 is 0 Å². The van der Waals surface area contributed by atoms with Crippen LogP contribution in [0.2, 0.25) is 0 Å². The first-order valence-corrected chi connectivity index (χ1v) is 6.61. The lowest BCUT2D eigenvalue weighted by atomic mass is 9.85. The predicted octanol–water partition coefficient (Wildman–Crippen LogP) is 1.53. The number of fused-ring (bicyclic) bond motifs is 1. The molecule has 0 amide bonds. The first-order chi connectivity index (χ1) is 8.63. The molecular formula is C14H20O4. The van der Waals surface area contributed by atoms with E-state index in [2.05, 4.69) is 12.3 Å². The third-order valence-corrected chi connectivity index (χ3v) is 4.28. The molecule has 3 fully saturated rings. The van der Waals surface area contributed by atoms with Gasteiger partial charge in [-0.3, -0.25) is 0 Å². The number of hydrogen-bond acceptors (Lipinski definition) is 4. The first-order valence-electron chi connectivity index (χ1n) is 6.61. The van der Waals surface area contributed by atoms with Gasteiger partial charge in [0, 0.05) is 12.8 Å². The van der Waals surface area contributed by atoms with Crippen LogP contribution in [0, 0.1) is 0 Å². The smallest absolute Gasteiger partial charge is 0.181 e. The lowest BCUT2D eigenvalue weighted by Gasteiger charge is -2.42. The van der Waals surface area contributed by atoms with Crippen molar-refractivity contribution in [3.05, 3.63) is 17.9 Å². The largest absolute Gasteiger partial charge is 0.366 e. The number of aliphatic hydroxyl groups is 1. The van der Waals surface area contributed by atoms with Crippen molar-refractivity contribution in [3.8, 4) is 0 Å². The van der Waals surface area contributed by atoms with E-state index in [0.29, 0.717) is 6.61 Å². The molecule has 0 aliphatic carbocycles. The zero-order chi connectivity index (χ0) is 12.8. The Labute approximate surface area is 107 Å². The van der Waals surface area contributed by atoms with Gasteiger partial charge in [-0.2, -0.15) is 0 Å². The summed E-state index contributed by atoms with van der Waals surface area (Å²) < 4.78 is 17.5. The monoisotopic (exact) mass is 252 g/mol. The highest BCUT2D eigenvalue weighted by atomic mass is 16.7. The summed E-state index contributed by atoms with van der Waals surface area (Å²) in [6, 6.07) is 0. The average molecular weight is 252 g/mol. The molecule has 0 aromatic rings. The van der Waals surface area contributed by atoms with Crippen LogP contribution < -0.4 is 0 Å². The van der Waals surface area contributed by atoms with E-state index in [-0.39, 0.29) is 23.9 Å². The fourth-order valence-electron chi connectivity index (χ4n) is 3.28. The summed E-state index contributed by atoms with van der Waals surface area (Å²) in [6.45, 7) is 6.12. The molecule has 3 rings (SSSR count). The quantitative estimate of drug-likeness (QED) is 0.757. The molecule has 3 aliphatic heterocycles. The van der Waals surface area contributed by atoms with Crippen molar-refractivity contribution >= 4 is 0 Å². The maximum absolute atomic E-state index is 9.66. The van der Waals surface area contributed by atoms with Gasteiger partial charge >= 0.3 is 0 Å². The highest BCUT2D eigenvalue weighted by molar-refractivity contribution is 5.06. The molecule has 100 valence electrons. The fraction of sp³-hybridized carbons (Fsp3) is 0.786. The molecule has 3 heterocycles. The van der Waals surface area contributed by atoms with E-state index < -0.39 is 6.29 Å². The van der Waals surface area contributed by atoms with Crippen molar-refractivity contribution in [3.63, 3.8) is 0 Å². The minimum atomic E-state index is -0.793. The van der Waals surface area contributed by atoms with E-state index in [4.69, 9.17) is 14.2 Å². The van der Waals surface area contributed by atoms with Crippen LogP contribution in [-0.4, -0.2) is 41.9 Å². The van der Waals surface area contributed by atoms with Crippen LogP contribution in [-0.2, 0) is 14.2 Å². The van der Waals surface area contributed by atoms with Crippen LogP contribution in [0.1, 0.15) is 32.6 Å². The number of ether oxygens (including phenoxy) is 3. The molecular weight excluding hydrogens is 232 g/mol. The number of rotatable bonds is 2. The van der Waals surface area contributed by atoms with Crippen LogP contribution >= 0.6 is 0 Å². The van der Waals surface area contributed by atoms with Crippen molar-refractivity contribution in [2.24, 2.45) is 0 Å². The average Bonchev–Trinajstić information content (AvgIpc) is 2.68. The van der Waals surface area contributed by atoms with Gasteiger partial charge in [-0.15, -0.1) is 5.73 Å². The lowest BCUT2D eigenvalue weighted by molar-refractivity contribution is -0.221. The normalized spacial score (nSPS) is 46.3. The third-order valence-electron chi connectivity index (χ3n) is 4.28. The molecule has 2 bridgehead atoms. The zero-order valence-corrected chi connectivity index (χ0v) is 10.7. The molecule has 3 aliphatic rings. The van der Waals surface area contributed by atoms with Gasteiger partial charge in [0.1, 0.15) is 11.7 Å². The highest BCUT2D eigenvalue weighted by Gasteiger charge is 2.58. The summed E-state index contributed by atoms with van der Waals surface area (Å²) in [7, 11) is 0. The van der Waals surface area contributed by atoms with Crippen molar-refractivity contribution < 1.29 is 19.3 Å². The summed E-state index contributed by atoms with van der Waals surface area (Å²) in [5.74, 6) is 0. The standard InChI is InChI=1S/C14H20O4/c1-3-9(2)6-10-4-5-12-14(18-10)7-11(17-12)13(15)16-8-14/h10-13,15H,1,4-8H2,2H3/t10?,11-,12+,13-,14-/m1/s1. The molecule has 1 spiro atoms. The van der Waals surface area contributed by atoms with E-state index in [0.717, 1.165) is 31.3 Å². The van der Waals surface area contributed by atoms with E-state index in [1.54, 1.807) is 0 Å². The lowest BCUT2D eigenvalue weighted by Crippen LogP contribution is -2.53. The third kappa shape index (κ3) is 1.94. The molecule has 1 unspecified atom stereocenters. The summed E-state index contributed by atoms with van der Waals surface area (Å²) in [4.78, 5) is 0. The van der Waals surface area contributed by atoms with Crippen molar-refractivity contribution in [1.29, 1.82) is 0 Å². The van der Waals surface area contributed by atoms with E-state index in [9.17, 15) is 5.11 Å². The molecule has 0 saturated carbocycles. The Morgan fingerprint density at radius 3 is 3.11 bits per heavy atom. The van der Waals surface area contributed by atoms with Gasteiger partial charge in [0.25, 0.3) is 0 Å². The van der Waals surface area contributed by atoms with Crippen LogP contribution in [0.25, 0.3) is 0 Å². The Morgan fingerprint density at radius 2 is 2.33 bits per heavy atom. The highest BCUT2D eigenvalue weighted by Crippen LogP contribution is 2.46. The first kappa shape index (κ1) is 12.4.